The molecule has 1 amide bonds. The van der Waals surface area contributed by atoms with Gasteiger partial charge in [0.1, 0.15) is 6.61 Å². The monoisotopic (exact) mass is 537 g/mol. The molecule has 180 valence electrons. The summed E-state index contributed by atoms with van der Waals surface area (Å²) in [6.07, 6.45) is 0. The number of carbonyl (C=O) groups excluding carboxylic acids is 1. The molecule has 5 rings (SSSR count). The molecule has 9 heteroatoms. The minimum absolute atomic E-state index is 0.323. The van der Waals surface area contributed by atoms with Crippen molar-refractivity contribution in [3.8, 4) is 11.5 Å². The molecule has 0 bridgehead atoms. The highest BCUT2D eigenvalue weighted by molar-refractivity contribution is 9.10. The van der Waals surface area contributed by atoms with Crippen LogP contribution in [0.5, 0.6) is 11.5 Å². The van der Waals surface area contributed by atoms with E-state index in [-0.39, 0.29) is 10.8 Å². The van der Waals surface area contributed by atoms with Gasteiger partial charge in [-0.2, -0.15) is 0 Å². The van der Waals surface area contributed by atoms with Gasteiger partial charge in [0, 0.05) is 22.7 Å². The fraction of sp³-hybridized carbons (Fsp3) is 0.269. The topological polar surface area (TPSA) is 93.9 Å². The average Bonchev–Trinajstić information content (AvgIpc) is 3.33. The number of rotatable bonds is 6. The Kier molecular flexibility index (Phi) is 5.98. The third-order valence-corrected chi connectivity index (χ3v) is 7.54. The zero-order chi connectivity index (χ0) is 24.7. The van der Waals surface area contributed by atoms with Gasteiger partial charge in [-0.05, 0) is 52.3 Å². The third kappa shape index (κ3) is 3.66. The number of ether oxygens (including phenoxy) is 2. The molecule has 3 aromatic rings. The number of nitrogens with zero attached hydrogens (tertiary/aromatic N) is 2. The summed E-state index contributed by atoms with van der Waals surface area (Å²) < 4.78 is 12.3. The molecule has 3 aromatic carbocycles. The number of fused-ring (bicyclic) bond motifs is 2. The number of hydrogen-bond acceptors (Lipinski definition) is 6. The number of amides is 1. The van der Waals surface area contributed by atoms with E-state index in [1.807, 2.05) is 42.5 Å². The highest BCUT2D eigenvalue weighted by Crippen LogP contribution is 2.53. The highest BCUT2D eigenvalue weighted by Gasteiger charge is 2.68. The van der Waals surface area contributed by atoms with Crippen molar-refractivity contribution in [1.29, 1.82) is 0 Å². The van der Waals surface area contributed by atoms with Crippen LogP contribution < -0.4 is 14.8 Å². The maximum Gasteiger partial charge on any atom is 0.256 e. The van der Waals surface area contributed by atoms with Gasteiger partial charge in [0.05, 0.1) is 17.5 Å². The maximum atomic E-state index is 13.3. The number of anilines is 1. The van der Waals surface area contributed by atoms with E-state index in [1.54, 1.807) is 36.2 Å². The number of methoxy groups -OCH3 is 1. The summed E-state index contributed by atoms with van der Waals surface area (Å²) >= 11 is 3.58. The standard InChI is InChI=1S/C26H24BrN3O5/c1-29-14-18(24(30(32)33)26(29)19-10-6-7-11-21(19)28-25(26)31)17-12-20(27)23(22(13-17)34-2)35-15-16-8-4-3-5-9-16/h3-13,18,24H,14-15H2,1-2H3,(H,28,31)/t18-,24-,26+/m0/s1. The van der Waals surface area contributed by atoms with Crippen molar-refractivity contribution >= 4 is 27.5 Å². The molecule has 3 atom stereocenters. The van der Waals surface area contributed by atoms with Crippen LogP contribution in [-0.4, -0.2) is 42.5 Å². The molecule has 0 unspecified atom stereocenters. The van der Waals surface area contributed by atoms with E-state index < -0.39 is 17.5 Å². The molecule has 0 aliphatic carbocycles. The Morgan fingerprint density at radius 1 is 1.17 bits per heavy atom. The summed E-state index contributed by atoms with van der Waals surface area (Å²) in [6, 6.07) is 19.3. The summed E-state index contributed by atoms with van der Waals surface area (Å²) in [5.74, 6) is 0.0505. The van der Waals surface area contributed by atoms with Gasteiger partial charge in [-0.1, -0.05) is 48.5 Å². The van der Waals surface area contributed by atoms with Crippen LogP contribution in [0.4, 0.5) is 5.69 Å². The fourth-order valence-electron chi connectivity index (χ4n) is 5.40. The number of halogens is 1. The zero-order valence-electron chi connectivity index (χ0n) is 19.2. The third-order valence-electron chi connectivity index (χ3n) is 6.95. The molecule has 2 heterocycles. The normalized spacial score (nSPS) is 23.2. The van der Waals surface area contributed by atoms with Gasteiger partial charge in [-0.15, -0.1) is 0 Å². The molecule has 1 spiro atoms. The maximum absolute atomic E-state index is 13.3. The van der Waals surface area contributed by atoms with E-state index in [0.717, 1.165) is 5.56 Å². The number of benzene rings is 3. The summed E-state index contributed by atoms with van der Waals surface area (Å²) in [6.45, 7) is 0.673. The van der Waals surface area contributed by atoms with E-state index in [4.69, 9.17) is 9.47 Å². The van der Waals surface area contributed by atoms with Crippen LogP contribution in [0.3, 0.4) is 0 Å². The number of hydrogen-bond donors (Lipinski definition) is 1. The highest BCUT2D eigenvalue weighted by atomic mass is 79.9. The Morgan fingerprint density at radius 2 is 1.89 bits per heavy atom. The van der Waals surface area contributed by atoms with E-state index in [0.29, 0.717) is 45.9 Å². The summed E-state index contributed by atoms with van der Waals surface area (Å²) in [5, 5.41) is 15.4. The lowest BCUT2D eigenvalue weighted by Gasteiger charge is -2.30. The average molecular weight is 538 g/mol. The molecule has 35 heavy (non-hydrogen) atoms. The second-order valence-electron chi connectivity index (χ2n) is 8.79. The Bertz CT molecular complexity index is 1300. The van der Waals surface area contributed by atoms with Gasteiger partial charge in [-0.25, -0.2) is 0 Å². The number of para-hydroxylation sites is 1. The number of carbonyl (C=O) groups is 1. The van der Waals surface area contributed by atoms with Crippen molar-refractivity contribution in [3.63, 3.8) is 0 Å². The lowest BCUT2D eigenvalue weighted by molar-refractivity contribution is -0.534. The van der Waals surface area contributed by atoms with E-state index in [9.17, 15) is 14.9 Å². The van der Waals surface area contributed by atoms with Gasteiger partial charge < -0.3 is 14.8 Å². The lowest BCUT2D eigenvalue weighted by atomic mass is 9.79. The molecule has 1 fully saturated rings. The number of nitro groups is 1. The largest absolute Gasteiger partial charge is 0.493 e. The van der Waals surface area contributed by atoms with Crippen LogP contribution in [0.2, 0.25) is 0 Å². The summed E-state index contributed by atoms with van der Waals surface area (Å²) in [7, 11) is 3.30. The van der Waals surface area contributed by atoms with Crippen molar-refractivity contribution in [2.24, 2.45) is 0 Å². The van der Waals surface area contributed by atoms with Gasteiger partial charge >= 0.3 is 0 Å². The van der Waals surface area contributed by atoms with Gasteiger partial charge in [0.25, 0.3) is 11.9 Å². The minimum atomic E-state index is -1.40. The minimum Gasteiger partial charge on any atom is -0.493 e. The van der Waals surface area contributed by atoms with E-state index in [2.05, 4.69) is 21.2 Å². The molecule has 0 aromatic heterocycles. The number of likely N-dealkylation sites (N-methyl/N-ethyl adjacent to an activating group) is 1. The van der Waals surface area contributed by atoms with Crippen molar-refractivity contribution in [2.45, 2.75) is 24.1 Å². The van der Waals surface area contributed by atoms with Crippen molar-refractivity contribution in [2.75, 3.05) is 26.0 Å². The number of nitrogens with one attached hydrogen (secondary N) is 1. The smallest absolute Gasteiger partial charge is 0.256 e. The molecular formula is C26H24BrN3O5. The van der Waals surface area contributed by atoms with E-state index in [1.165, 1.54) is 7.11 Å². The van der Waals surface area contributed by atoms with Crippen molar-refractivity contribution in [1.82, 2.24) is 4.90 Å². The van der Waals surface area contributed by atoms with Crippen LogP contribution in [-0.2, 0) is 16.9 Å². The van der Waals surface area contributed by atoms with Crippen LogP contribution in [0.1, 0.15) is 22.6 Å². The molecule has 0 radical (unpaired) electrons. The Morgan fingerprint density at radius 3 is 2.60 bits per heavy atom. The molecule has 2 aliphatic rings. The van der Waals surface area contributed by atoms with E-state index >= 15 is 0 Å². The second kappa shape index (κ2) is 8.98. The second-order valence-corrected chi connectivity index (χ2v) is 9.65. The van der Waals surface area contributed by atoms with Crippen LogP contribution >= 0.6 is 15.9 Å². The van der Waals surface area contributed by atoms with Crippen LogP contribution in [0, 0.1) is 10.1 Å². The molecule has 0 saturated carbocycles. The molecule has 1 N–H and O–H groups in total. The lowest BCUT2D eigenvalue weighted by Crippen LogP contribution is -2.54. The Labute approximate surface area is 211 Å². The van der Waals surface area contributed by atoms with Crippen LogP contribution in [0.25, 0.3) is 0 Å². The first-order chi connectivity index (χ1) is 16.9. The van der Waals surface area contributed by atoms with Gasteiger partial charge in [0.2, 0.25) is 0 Å². The molecule has 1 saturated heterocycles. The first kappa shape index (κ1) is 23.3. The molecular weight excluding hydrogens is 514 g/mol. The van der Waals surface area contributed by atoms with Crippen molar-refractivity contribution < 1.29 is 19.2 Å². The first-order valence-electron chi connectivity index (χ1n) is 11.2. The number of likely N-dealkylation sites (tertiary alicyclic amines) is 1. The summed E-state index contributed by atoms with van der Waals surface area (Å²) in [4.78, 5) is 27.3. The fourth-order valence-corrected chi connectivity index (χ4v) is 5.98. The summed E-state index contributed by atoms with van der Waals surface area (Å²) in [5.41, 5.74) is 1.55. The van der Waals surface area contributed by atoms with Gasteiger partial charge in [0.15, 0.2) is 17.0 Å². The molecule has 2 aliphatic heterocycles. The predicted octanol–water partition coefficient (Wildman–Crippen LogP) is 4.56. The quantitative estimate of drug-likeness (QED) is 0.366. The van der Waals surface area contributed by atoms with Crippen molar-refractivity contribution in [3.05, 3.63) is 98.0 Å². The predicted molar refractivity (Wildman–Crippen MR) is 134 cm³/mol. The van der Waals surface area contributed by atoms with Gasteiger partial charge in [-0.3, -0.25) is 19.8 Å². The SMILES string of the molecule is COc1cc([C@@H]2CN(C)[C@@]3(C(=O)Nc4ccccc43)[C@H]2[N+](=O)[O-])cc(Br)c1OCc1ccccc1. The zero-order valence-corrected chi connectivity index (χ0v) is 20.8. The Balaban J connectivity index is 1.54. The Hall–Kier alpha value is -3.43. The molecule has 8 nitrogen and oxygen atoms in total. The van der Waals surface area contributed by atoms with Crippen LogP contribution in [0.15, 0.2) is 71.2 Å². The first-order valence-corrected chi connectivity index (χ1v) is 12.0.